The summed E-state index contributed by atoms with van der Waals surface area (Å²) >= 11 is 5.27. The lowest BCUT2D eigenvalue weighted by Crippen LogP contribution is -2.38. The van der Waals surface area contributed by atoms with E-state index in [4.69, 9.17) is 22.1 Å². The molecule has 122 valence electrons. The highest BCUT2D eigenvalue weighted by Crippen LogP contribution is 2.28. The number of ether oxygens (including phenoxy) is 1. The van der Waals surface area contributed by atoms with Crippen LogP contribution in [0.3, 0.4) is 0 Å². The lowest BCUT2D eigenvalue weighted by Gasteiger charge is -2.30. The van der Waals surface area contributed by atoms with E-state index in [-0.39, 0.29) is 17.8 Å². The van der Waals surface area contributed by atoms with Crippen LogP contribution < -0.4 is 15.4 Å². The standard InChI is InChI=1S/C16H24N2O3S/c1-16(2,3)11(9-14(19)20)10-17-15(22)18-12-7-5-6-8-13(12)21-4/h5-8,11H,9-10H2,1-4H3,(H,19,20)(H2,17,18,22). The molecule has 1 unspecified atom stereocenters. The van der Waals surface area contributed by atoms with Crippen molar-refractivity contribution >= 4 is 29.0 Å². The number of aliphatic carboxylic acids is 1. The summed E-state index contributed by atoms with van der Waals surface area (Å²) in [6.07, 6.45) is 0.105. The Morgan fingerprint density at radius 1 is 1.36 bits per heavy atom. The second-order valence-corrected chi connectivity index (χ2v) is 6.60. The maximum absolute atomic E-state index is 11.0. The quantitative estimate of drug-likeness (QED) is 0.699. The SMILES string of the molecule is COc1ccccc1NC(=S)NCC(CC(=O)O)C(C)(C)C. The molecule has 0 radical (unpaired) electrons. The van der Waals surface area contributed by atoms with Crippen LogP contribution in [0.15, 0.2) is 24.3 Å². The molecule has 0 aliphatic rings. The Morgan fingerprint density at radius 2 is 2.00 bits per heavy atom. The minimum absolute atomic E-state index is 0.0255. The molecule has 22 heavy (non-hydrogen) atoms. The predicted molar refractivity (Wildman–Crippen MR) is 92.4 cm³/mol. The van der Waals surface area contributed by atoms with Gasteiger partial charge in [0.15, 0.2) is 5.11 Å². The Labute approximate surface area is 137 Å². The van der Waals surface area contributed by atoms with Crippen LogP contribution in [0, 0.1) is 11.3 Å². The van der Waals surface area contributed by atoms with Gasteiger partial charge >= 0.3 is 5.97 Å². The van der Waals surface area contributed by atoms with E-state index < -0.39 is 5.97 Å². The van der Waals surface area contributed by atoms with E-state index in [1.165, 1.54) is 0 Å². The predicted octanol–water partition coefficient (Wildman–Crippen LogP) is 3.12. The van der Waals surface area contributed by atoms with Crippen molar-refractivity contribution in [2.24, 2.45) is 11.3 Å². The van der Waals surface area contributed by atoms with Crippen molar-refractivity contribution in [2.75, 3.05) is 19.0 Å². The second-order valence-electron chi connectivity index (χ2n) is 6.20. The third-order valence-electron chi connectivity index (χ3n) is 3.51. The Hall–Kier alpha value is -1.82. The van der Waals surface area contributed by atoms with Crippen molar-refractivity contribution in [1.29, 1.82) is 0 Å². The number of carbonyl (C=O) groups is 1. The Bertz CT molecular complexity index is 526. The van der Waals surface area contributed by atoms with Gasteiger partial charge in [-0.3, -0.25) is 4.79 Å². The number of rotatable bonds is 6. The maximum atomic E-state index is 11.0. The molecule has 0 aliphatic carbocycles. The van der Waals surface area contributed by atoms with E-state index in [0.29, 0.717) is 17.4 Å². The van der Waals surface area contributed by atoms with Crippen LogP contribution in [0.2, 0.25) is 0 Å². The molecule has 0 fully saturated rings. The lowest BCUT2D eigenvalue weighted by atomic mass is 9.79. The van der Waals surface area contributed by atoms with Gasteiger partial charge in [-0.15, -0.1) is 0 Å². The molecule has 0 saturated heterocycles. The van der Waals surface area contributed by atoms with Crippen LogP contribution in [0.4, 0.5) is 5.69 Å². The number of para-hydroxylation sites is 2. The van der Waals surface area contributed by atoms with Crippen molar-refractivity contribution in [3.8, 4) is 5.75 Å². The molecule has 1 aromatic carbocycles. The van der Waals surface area contributed by atoms with Gasteiger partial charge in [-0.1, -0.05) is 32.9 Å². The fourth-order valence-electron chi connectivity index (χ4n) is 2.03. The number of anilines is 1. The van der Waals surface area contributed by atoms with Gasteiger partial charge in [0.2, 0.25) is 0 Å². The highest BCUT2D eigenvalue weighted by atomic mass is 32.1. The van der Waals surface area contributed by atoms with Gasteiger partial charge in [0.1, 0.15) is 5.75 Å². The molecule has 0 aliphatic heterocycles. The summed E-state index contributed by atoms with van der Waals surface area (Å²) in [4.78, 5) is 11.0. The number of hydrogen-bond donors (Lipinski definition) is 3. The first-order valence-electron chi connectivity index (χ1n) is 7.13. The second kappa shape index (κ2) is 7.98. The number of carboxylic acid groups (broad SMARTS) is 1. The van der Waals surface area contributed by atoms with Crippen molar-refractivity contribution in [3.05, 3.63) is 24.3 Å². The summed E-state index contributed by atoms with van der Waals surface area (Å²) in [5.41, 5.74) is 0.652. The molecule has 1 atom stereocenters. The topological polar surface area (TPSA) is 70.6 Å². The number of carboxylic acids is 1. The largest absolute Gasteiger partial charge is 0.495 e. The van der Waals surface area contributed by atoms with E-state index in [1.807, 2.05) is 45.0 Å². The fraction of sp³-hybridized carbons (Fsp3) is 0.500. The lowest BCUT2D eigenvalue weighted by molar-refractivity contribution is -0.139. The van der Waals surface area contributed by atoms with E-state index in [0.717, 1.165) is 5.69 Å². The zero-order valence-corrected chi connectivity index (χ0v) is 14.3. The van der Waals surface area contributed by atoms with Crippen LogP contribution in [0.25, 0.3) is 0 Å². The van der Waals surface area contributed by atoms with Gasteiger partial charge < -0.3 is 20.5 Å². The highest BCUT2D eigenvalue weighted by molar-refractivity contribution is 7.80. The highest BCUT2D eigenvalue weighted by Gasteiger charge is 2.26. The summed E-state index contributed by atoms with van der Waals surface area (Å²) in [6.45, 7) is 6.58. The zero-order valence-electron chi connectivity index (χ0n) is 13.5. The first-order valence-corrected chi connectivity index (χ1v) is 7.54. The van der Waals surface area contributed by atoms with Crippen LogP contribution in [0.1, 0.15) is 27.2 Å². The average Bonchev–Trinajstić information content (AvgIpc) is 2.42. The van der Waals surface area contributed by atoms with Crippen LogP contribution in [-0.4, -0.2) is 29.8 Å². The summed E-state index contributed by atoms with van der Waals surface area (Å²) < 4.78 is 5.25. The van der Waals surface area contributed by atoms with Crippen LogP contribution in [0.5, 0.6) is 5.75 Å². The van der Waals surface area contributed by atoms with Gasteiger partial charge in [0.25, 0.3) is 0 Å². The molecule has 0 heterocycles. The first kappa shape index (κ1) is 18.2. The van der Waals surface area contributed by atoms with Crippen molar-refractivity contribution < 1.29 is 14.6 Å². The maximum Gasteiger partial charge on any atom is 0.303 e. The summed E-state index contributed by atoms with van der Waals surface area (Å²) in [5.74, 6) is -0.127. The Kier molecular flexibility index (Phi) is 6.61. The average molecular weight is 324 g/mol. The van der Waals surface area contributed by atoms with E-state index >= 15 is 0 Å². The van der Waals surface area contributed by atoms with Gasteiger partial charge in [-0.25, -0.2) is 0 Å². The van der Waals surface area contributed by atoms with Gasteiger partial charge in [-0.2, -0.15) is 0 Å². The molecule has 0 amide bonds. The number of thiocarbonyl (C=S) groups is 1. The minimum Gasteiger partial charge on any atom is -0.495 e. The summed E-state index contributed by atoms with van der Waals surface area (Å²) in [6, 6.07) is 7.47. The van der Waals surface area contributed by atoms with Gasteiger partial charge in [0.05, 0.1) is 19.2 Å². The molecule has 0 bridgehead atoms. The normalized spacial score (nSPS) is 12.4. The summed E-state index contributed by atoms with van der Waals surface area (Å²) in [5, 5.41) is 15.6. The number of benzene rings is 1. The summed E-state index contributed by atoms with van der Waals surface area (Å²) in [7, 11) is 1.60. The minimum atomic E-state index is -0.801. The molecule has 3 N–H and O–H groups in total. The first-order chi connectivity index (χ1) is 10.2. The molecule has 5 nitrogen and oxygen atoms in total. The Morgan fingerprint density at radius 3 is 2.55 bits per heavy atom. The van der Waals surface area contributed by atoms with Crippen molar-refractivity contribution in [1.82, 2.24) is 5.32 Å². The molecule has 0 aromatic heterocycles. The van der Waals surface area contributed by atoms with E-state index in [9.17, 15) is 4.79 Å². The van der Waals surface area contributed by atoms with Gasteiger partial charge in [-0.05, 0) is 35.7 Å². The third kappa shape index (κ3) is 5.89. The fourth-order valence-corrected chi connectivity index (χ4v) is 2.22. The van der Waals surface area contributed by atoms with Gasteiger partial charge in [0, 0.05) is 6.54 Å². The smallest absolute Gasteiger partial charge is 0.303 e. The zero-order chi connectivity index (χ0) is 16.8. The molecule has 0 saturated carbocycles. The molecule has 6 heteroatoms. The van der Waals surface area contributed by atoms with E-state index in [1.54, 1.807) is 7.11 Å². The third-order valence-corrected chi connectivity index (χ3v) is 3.76. The van der Waals surface area contributed by atoms with Crippen molar-refractivity contribution in [3.63, 3.8) is 0 Å². The molecular weight excluding hydrogens is 300 g/mol. The van der Waals surface area contributed by atoms with E-state index in [2.05, 4.69) is 10.6 Å². The molecular formula is C16H24N2O3S. The Balaban J connectivity index is 2.62. The molecule has 0 spiro atoms. The van der Waals surface area contributed by atoms with Crippen LogP contribution >= 0.6 is 12.2 Å². The number of methoxy groups -OCH3 is 1. The monoisotopic (exact) mass is 324 g/mol. The number of nitrogens with one attached hydrogen (secondary N) is 2. The van der Waals surface area contributed by atoms with Crippen LogP contribution in [-0.2, 0) is 4.79 Å². The number of hydrogen-bond acceptors (Lipinski definition) is 3. The molecule has 1 rings (SSSR count). The molecule has 1 aromatic rings. The van der Waals surface area contributed by atoms with Crippen molar-refractivity contribution in [2.45, 2.75) is 27.2 Å².